The minimum atomic E-state index is -1.29. The van der Waals surface area contributed by atoms with Crippen LogP contribution >= 0.6 is 0 Å². The van der Waals surface area contributed by atoms with Gasteiger partial charge in [0.1, 0.15) is 0 Å². The zero-order valence-corrected chi connectivity index (χ0v) is 16.9. The molecule has 0 N–H and O–H groups in total. The third-order valence-corrected chi connectivity index (χ3v) is 13.1. The van der Waals surface area contributed by atoms with Crippen LogP contribution in [-0.2, 0) is 0 Å². The lowest BCUT2D eigenvalue weighted by atomic mass is 9.63. The quantitative estimate of drug-likeness (QED) is 0.468. The Hall–Kier alpha value is 0.217. The fourth-order valence-corrected chi connectivity index (χ4v) is 7.81. The SMILES string of the molecule is CC(C)C(C)(C)C(C)(C)C[Si](C)(C)C(C)(C)C(C)C. The molecule has 0 saturated carbocycles. The van der Waals surface area contributed by atoms with Gasteiger partial charge in [-0.3, -0.25) is 0 Å². The van der Waals surface area contributed by atoms with Gasteiger partial charge < -0.3 is 0 Å². The van der Waals surface area contributed by atoms with E-state index < -0.39 is 8.07 Å². The minimum absolute atomic E-state index is 0.393. The summed E-state index contributed by atoms with van der Waals surface area (Å²) in [5.41, 5.74) is 0.799. The maximum atomic E-state index is 2.60. The summed E-state index contributed by atoms with van der Waals surface area (Å²) < 4.78 is 0. The molecular formula is C18H40Si. The number of rotatable bonds is 6. The third-order valence-electron chi connectivity index (χ3n) is 7.26. The van der Waals surface area contributed by atoms with Crippen molar-refractivity contribution >= 4 is 8.07 Å². The maximum absolute atomic E-state index is 2.60. The van der Waals surface area contributed by atoms with E-state index in [9.17, 15) is 0 Å². The van der Waals surface area contributed by atoms with Gasteiger partial charge in [-0.05, 0) is 27.7 Å². The Morgan fingerprint density at radius 3 is 1.37 bits per heavy atom. The van der Waals surface area contributed by atoms with E-state index in [-0.39, 0.29) is 0 Å². The van der Waals surface area contributed by atoms with E-state index >= 15 is 0 Å². The second kappa shape index (κ2) is 5.54. The van der Waals surface area contributed by atoms with Crippen molar-refractivity contribution in [3.8, 4) is 0 Å². The van der Waals surface area contributed by atoms with Crippen LogP contribution in [0.4, 0.5) is 0 Å². The summed E-state index contributed by atoms with van der Waals surface area (Å²) in [6, 6.07) is 1.41. The molecule has 19 heavy (non-hydrogen) atoms. The molecule has 0 rings (SSSR count). The highest BCUT2D eigenvalue weighted by molar-refractivity contribution is 6.80. The average Bonchev–Trinajstić information content (AvgIpc) is 2.14. The predicted octanol–water partition coefficient (Wildman–Crippen LogP) is 6.84. The van der Waals surface area contributed by atoms with Gasteiger partial charge in [-0.1, -0.05) is 88.4 Å². The van der Waals surface area contributed by atoms with E-state index in [1.54, 1.807) is 0 Å². The molecular weight excluding hydrogens is 244 g/mol. The maximum Gasteiger partial charge on any atom is 0.0538 e. The molecule has 116 valence electrons. The van der Waals surface area contributed by atoms with E-state index in [2.05, 4.69) is 82.3 Å². The van der Waals surface area contributed by atoms with Crippen LogP contribution in [0.1, 0.15) is 69.2 Å². The molecule has 0 radical (unpaired) electrons. The molecule has 0 heterocycles. The lowest BCUT2D eigenvalue weighted by Gasteiger charge is -2.53. The molecule has 0 spiro atoms. The molecule has 0 aromatic carbocycles. The Labute approximate surface area is 124 Å². The summed E-state index contributed by atoms with van der Waals surface area (Å²) in [4.78, 5) is 0. The fourth-order valence-electron chi connectivity index (χ4n) is 3.12. The van der Waals surface area contributed by atoms with Crippen molar-refractivity contribution < 1.29 is 0 Å². The molecule has 0 aliphatic carbocycles. The smallest absolute Gasteiger partial charge is 0.0538 e. The number of hydrogen-bond acceptors (Lipinski definition) is 0. The molecule has 0 unspecified atom stereocenters. The van der Waals surface area contributed by atoms with Crippen molar-refractivity contribution in [1.29, 1.82) is 0 Å². The van der Waals surface area contributed by atoms with Crippen molar-refractivity contribution in [2.75, 3.05) is 0 Å². The van der Waals surface area contributed by atoms with Gasteiger partial charge in [-0.15, -0.1) is 0 Å². The average molecular weight is 285 g/mol. The molecule has 0 aromatic rings. The summed E-state index contributed by atoms with van der Waals surface area (Å²) in [5.74, 6) is 1.50. The zero-order chi connectivity index (χ0) is 15.9. The highest BCUT2D eigenvalue weighted by atomic mass is 28.3. The molecule has 0 bridgehead atoms. The summed E-state index contributed by atoms with van der Waals surface area (Å²) >= 11 is 0. The summed E-state index contributed by atoms with van der Waals surface area (Å²) in [6.07, 6.45) is 0. The van der Waals surface area contributed by atoms with Crippen LogP contribution in [0, 0.1) is 22.7 Å². The van der Waals surface area contributed by atoms with Crippen molar-refractivity contribution in [2.45, 2.75) is 93.4 Å². The molecule has 0 fully saturated rings. The van der Waals surface area contributed by atoms with Gasteiger partial charge in [0.15, 0.2) is 0 Å². The van der Waals surface area contributed by atoms with E-state index in [0.29, 0.717) is 15.9 Å². The second-order valence-corrected chi connectivity index (χ2v) is 15.1. The van der Waals surface area contributed by atoms with Crippen LogP contribution in [0.15, 0.2) is 0 Å². The van der Waals surface area contributed by atoms with Gasteiger partial charge >= 0.3 is 0 Å². The second-order valence-electron chi connectivity index (χ2n) is 9.70. The molecule has 0 atom stereocenters. The summed E-state index contributed by atoms with van der Waals surface area (Å²) in [6.45, 7) is 29.7. The molecule has 0 aliphatic rings. The van der Waals surface area contributed by atoms with Crippen LogP contribution in [0.5, 0.6) is 0 Å². The predicted molar refractivity (Wildman–Crippen MR) is 93.6 cm³/mol. The zero-order valence-electron chi connectivity index (χ0n) is 15.9. The van der Waals surface area contributed by atoms with Crippen LogP contribution in [0.25, 0.3) is 0 Å². The van der Waals surface area contributed by atoms with Crippen molar-refractivity contribution in [1.82, 2.24) is 0 Å². The Bertz CT molecular complexity index is 263. The van der Waals surface area contributed by atoms with Gasteiger partial charge in [-0.2, -0.15) is 0 Å². The molecule has 1 heteroatoms. The lowest BCUT2D eigenvalue weighted by Crippen LogP contribution is -2.49. The Morgan fingerprint density at radius 2 is 1.11 bits per heavy atom. The van der Waals surface area contributed by atoms with E-state index in [0.717, 1.165) is 11.8 Å². The third kappa shape index (κ3) is 3.65. The van der Waals surface area contributed by atoms with Crippen LogP contribution in [-0.4, -0.2) is 8.07 Å². The Balaban J connectivity index is 5.34. The standard InChI is InChI=1S/C18H40Si/c1-14(2)17(7,8)16(5,6)13-19(11,12)18(9,10)15(3)4/h14-15H,13H2,1-12H3. The van der Waals surface area contributed by atoms with Gasteiger partial charge in [0, 0.05) is 0 Å². The van der Waals surface area contributed by atoms with Crippen LogP contribution in [0.3, 0.4) is 0 Å². The van der Waals surface area contributed by atoms with Gasteiger partial charge in [0.2, 0.25) is 0 Å². The van der Waals surface area contributed by atoms with Gasteiger partial charge in [0.25, 0.3) is 0 Å². The largest absolute Gasteiger partial charge is 0.0689 e. The van der Waals surface area contributed by atoms with Crippen molar-refractivity contribution in [3.63, 3.8) is 0 Å². The normalized spacial score (nSPS) is 15.5. The Morgan fingerprint density at radius 1 is 0.737 bits per heavy atom. The molecule has 0 saturated heterocycles. The first-order valence-electron chi connectivity index (χ1n) is 8.09. The summed E-state index contributed by atoms with van der Waals surface area (Å²) in [7, 11) is -1.29. The fraction of sp³-hybridized carbons (Fsp3) is 1.00. The van der Waals surface area contributed by atoms with Crippen LogP contribution in [0.2, 0.25) is 24.2 Å². The van der Waals surface area contributed by atoms with Crippen molar-refractivity contribution in [3.05, 3.63) is 0 Å². The molecule has 0 aliphatic heterocycles. The van der Waals surface area contributed by atoms with E-state index in [1.165, 1.54) is 6.04 Å². The highest BCUT2D eigenvalue weighted by Crippen LogP contribution is 2.55. The molecule has 0 aromatic heterocycles. The first-order valence-corrected chi connectivity index (χ1v) is 11.3. The van der Waals surface area contributed by atoms with E-state index in [1.807, 2.05) is 0 Å². The minimum Gasteiger partial charge on any atom is -0.0689 e. The first kappa shape index (κ1) is 19.2. The van der Waals surface area contributed by atoms with Crippen LogP contribution < -0.4 is 0 Å². The molecule has 0 amide bonds. The molecule has 0 nitrogen and oxygen atoms in total. The highest BCUT2D eigenvalue weighted by Gasteiger charge is 2.48. The monoisotopic (exact) mass is 284 g/mol. The van der Waals surface area contributed by atoms with Gasteiger partial charge in [-0.25, -0.2) is 0 Å². The summed E-state index contributed by atoms with van der Waals surface area (Å²) in [5, 5.41) is 0.497. The number of hydrogen-bond donors (Lipinski definition) is 0. The van der Waals surface area contributed by atoms with Crippen molar-refractivity contribution in [2.24, 2.45) is 22.7 Å². The van der Waals surface area contributed by atoms with Gasteiger partial charge in [0.05, 0.1) is 8.07 Å². The lowest BCUT2D eigenvalue weighted by molar-refractivity contribution is 0.0712. The van der Waals surface area contributed by atoms with E-state index in [4.69, 9.17) is 0 Å². The first-order chi connectivity index (χ1) is 8.09. The Kier molecular flexibility index (Phi) is 5.60. The topological polar surface area (TPSA) is 0 Å².